The van der Waals surface area contributed by atoms with Gasteiger partial charge >= 0.3 is 0 Å². The van der Waals surface area contributed by atoms with Crippen molar-refractivity contribution in [1.29, 1.82) is 0 Å². The van der Waals surface area contributed by atoms with Crippen LogP contribution in [0.2, 0.25) is 0 Å². The molecule has 0 aliphatic carbocycles. The van der Waals surface area contributed by atoms with Crippen molar-refractivity contribution in [3.63, 3.8) is 0 Å². The van der Waals surface area contributed by atoms with E-state index in [1.54, 1.807) is 22.9 Å². The lowest BCUT2D eigenvalue weighted by Gasteiger charge is -2.27. The molecule has 4 rings (SSSR count). The number of nitrogens with two attached hydrogens (primary N) is 1. The van der Waals surface area contributed by atoms with Crippen molar-refractivity contribution in [2.75, 3.05) is 18.8 Å². The van der Waals surface area contributed by atoms with Gasteiger partial charge in [-0.25, -0.2) is 4.68 Å². The summed E-state index contributed by atoms with van der Waals surface area (Å²) in [7, 11) is 0. The summed E-state index contributed by atoms with van der Waals surface area (Å²) in [6.07, 6.45) is 6.30. The van der Waals surface area contributed by atoms with Crippen LogP contribution in [0.4, 0.5) is 5.82 Å². The second kappa shape index (κ2) is 7.36. The number of nitrogen functional groups attached to an aromatic ring is 1. The van der Waals surface area contributed by atoms with E-state index in [-0.39, 0.29) is 5.75 Å². The number of phenolic OH excluding ortho intramolecular Hbond substituents is 1. The molecule has 1 aliphatic rings. The van der Waals surface area contributed by atoms with E-state index < -0.39 is 0 Å². The van der Waals surface area contributed by atoms with Gasteiger partial charge in [-0.15, -0.1) is 10.2 Å². The molecule has 1 fully saturated rings. The number of hydrogen-bond donors (Lipinski definition) is 3. The van der Waals surface area contributed by atoms with Gasteiger partial charge in [0.25, 0.3) is 0 Å². The lowest BCUT2D eigenvalue weighted by atomic mass is 9.83. The van der Waals surface area contributed by atoms with Gasteiger partial charge in [-0.2, -0.15) is 5.10 Å². The first-order chi connectivity index (χ1) is 13.1. The Labute approximate surface area is 158 Å². The summed E-state index contributed by atoms with van der Waals surface area (Å²) in [5.74, 6) is 1.56. The maximum atomic E-state index is 10.1. The molecule has 0 bridgehead atoms. The van der Waals surface area contributed by atoms with Gasteiger partial charge in [-0.3, -0.25) is 0 Å². The van der Waals surface area contributed by atoms with Crippen LogP contribution in [0.15, 0.2) is 42.7 Å². The average molecular weight is 364 g/mol. The summed E-state index contributed by atoms with van der Waals surface area (Å²) < 4.78 is 1.75. The zero-order valence-electron chi connectivity index (χ0n) is 15.3. The Kier molecular flexibility index (Phi) is 4.77. The van der Waals surface area contributed by atoms with E-state index in [2.05, 4.69) is 27.5 Å². The highest BCUT2D eigenvalue weighted by Crippen LogP contribution is 2.32. The molecule has 0 unspecified atom stereocenters. The van der Waals surface area contributed by atoms with Crippen LogP contribution in [0, 0.1) is 5.92 Å². The minimum atomic E-state index is 0.156. The second-order valence-electron chi connectivity index (χ2n) is 7.11. The number of aromatic nitrogens is 4. The third kappa shape index (κ3) is 3.50. The van der Waals surface area contributed by atoms with Gasteiger partial charge in [0.15, 0.2) is 5.82 Å². The molecular formula is C20H24N6O. The van der Waals surface area contributed by atoms with Crippen molar-refractivity contribution in [2.45, 2.75) is 25.7 Å². The molecule has 0 radical (unpaired) electrons. The van der Waals surface area contributed by atoms with E-state index in [1.807, 2.05) is 24.5 Å². The Bertz CT molecular complexity index is 932. The summed E-state index contributed by atoms with van der Waals surface area (Å²) in [4.78, 5) is 0. The Morgan fingerprint density at radius 2 is 2.00 bits per heavy atom. The van der Waals surface area contributed by atoms with Crippen molar-refractivity contribution in [1.82, 2.24) is 25.3 Å². The zero-order chi connectivity index (χ0) is 18.8. The molecule has 0 amide bonds. The quantitative estimate of drug-likeness (QED) is 0.658. The van der Waals surface area contributed by atoms with Crippen molar-refractivity contribution in [3.05, 3.63) is 48.3 Å². The summed E-state index contributed by atoms with van der Waals surface area (Å²) in [6, 6.07) is 8.85. The lowest BCUT2D eigenvalue weighted by Crippen LogP contribution is -2.30. The maximum Gasteiger partial charge on any atom is 0.172 e. The molecule has 7 heteroatoms. The SMILES string of the molecule is C[C@@H](c1cnn(-c2cc(-c3ccccc3O)nnc2N)c1)C1CCNCC1. The van der Waals surface area contributed by atoms with Crippen LogP contribution in [0.5, 0.6) is 5.75 Å². The molecule has 3 aromatic rings. The fourth-order valence-electron chi connectivity index (χ4n) is 3.72. The highest BCUT2D eigenvalue weighted by atomic mass is 16.3. The number of piperidine rings is 1. The zero-order valence-corrected chi connectivity index (χ0v) is 15.3. The fourth-order valence-corrected chi connectivity index (χ4v) is 3.72. The molecule has 1 aromatic carbocycles. The molecule has 4 N–H and O–H groups in total. The molecule has 27 heavy (non-hydrogen) atoms. The largest absolute Gasteiger partial charge is 0.507 e. The van der Waals surface area contributed by atoms with Crippen molar-refractivity contribution in [3.8, 4) is 22.7 Å². The minimum Gasteiger partial charge on any atom is -0.507 e. The third-order valence-corrected chi connectivity index (χ3v) is 5.45. The number of nitrogens with zero attached hydrogens (tertiary/aromatic N) is 4. The van der Waals surface area contributed by atoms with E-state index >= 15 is 0 Å². The third-order valence-electron chi connectivity index (χ3n) is 5.45. The number of aromatic hydroxyl groups is 1. The Morgan fingerprint density at radius 1 is 1.22 bits per heavy atom. The molecule has 0 spiro atoms. The minimum absolute atomic E-state index is 0.156. The smallest absolute Gasteiger partial charge is 0.172 e. The molecule has 0 saturated carbocycles. The Morgan fingerprint density at radius 3 is 2.78 bits per heavy atom. The van der Waals surface area contributed by atoms with Crippen LogP contribution in [0.1, 0.15) is 31.2 Å². The monoisotopic (exact) mass is 364 g/mol. The standard InChI is InChI=1S/C20H24N6O/c1-13(14-6-8-22-9-7-14)15-11-23-26(12-15)18-10-17(24-25-20(18)21)16-4-2-3-5-19(16)27/h2-5,10-14,22,27H,6-9H2,1H3,(H2,21,25)/t13-/m1/s1. The predicted octanol–water partition coefficient (Wildman–Crippen LogP) is 2.72. The van der Waals surface area contributed by atoms with E-state index in [4.69, 9.17) is 5.73 Å². The molecule has 3 heterocycles. The van der Waals surface area contributed by atoms with Gasteiger partial charge in [0, 0.05) is 11.8 Å². The van der Waals surface area contributed by atoms with E-state index in [9.17, 15) is 5.11 Å². The van der Waals surface area contributed by atoms with Crippen molar-refractivity contribution >= 4 is 5.82 Å². The van der Waals surface area contributed by atoms with Crippen molar-refractivity contribution in [2.24, 2.45) is 5.92 Å². The maximum absolute atomic E-state index is 10.1. The first kappa shape index (κ1) is 17.5. The van der Waals surface area contributed by atoms with E-state index in [1.165, 1.54) is 18.4 Å². The van der Waals surface area contributed by atoms with Crippen LogP contribution >= 0.6 is 0 Å². The van der Waals surface area contributed by atoms with E-state index in [0.717, 1.165) is 13.1 Å². The average Bonchev–Trinajstić information content (AvgIpc) is 3.19. The Balaban J connectivity index is 1.65. The van der Waals surface area contributed by atoms with E-state index in [0.29, 0.717) is 34.6 Å². The predicted molar refractivity (Wildman–Crippen MR) is 105 cm³/mol. The number of phenols is 1. The van der Waals surface area contributed by atoms with Crippen LogP contribution in [-0.4, -0.2) is 38.2 Å². The first-order valence-electron chi connectivity index (χ1n) is 9.30. The second-order valence-corrected chi connectivity index (χ2v) is 7.11. The highest BCUT2D eigenvalue weighted by molar-refractivity contribution is 5.70. The summed E-state index contributed by atoms with van der Waals surface area (Å²) in [5, 5.41) is 26.2. The van der Waals surface area contributed by atoms with Gasteiger partial charge in [0.05, 0.1) is 11.9 Å². The number of benzene rings is 1. The van der Waals surface area contributed by atoms with Gasteiger partial charge < -0.3 is 16.2 Å². The highest BCUT2D eigenvalue weighted by Gasteiger charge is 2.22. The molecule has 1 aliphatic heterocycles. The van der Waals surface area contributed by atoms with Crippen LogP contribution < -0.4 is 11.1 Å². The number of hydrogen-bond acceptors (Lipinski definition) is 6. The topological polar surface area (TPSA) is 102 Å². The molecule has 2 aromatic heterocycles. The number of nitrogens with one attached hydrogen (secondary N) is 1. The van der Waals surface area contributed by atoms with Crippen molar-refractivity contribution < 1.29 is 5.11 Å². The fraction of sp³-hybridized carbons (Fsp3) is 0.350. The van der Waals surface area contributed by atoms with Crippen LogP contribution in [0.3, 0.4) is 0 Å². The normalized spacial score (nSPS) is 16.3. The molecular weight excluding hydrogens is 340 g/mol. The summed E-state index contributed by atoms with van der Waals surface area (Å²) >= 11 is 0. The van der Waals surface area contributed by atoms with Gasteiger partial charge in [0.1, 0.15) is 11.4 Å². The lowest BCUT2D eigenvalue weighted by molar-refractivity contribution is 0.330. The van der Waals surface area contributed by atoms with Gasteiger partial charge in [-0.1, -0.05) is 19.1 Å². The molecule has 140 valence electrons. The molecule has 1 saturated heterocycles. The van der Waals surface area contributed by atoms with Crippen LogP contribution in [-0.2, 0) is 0 Å². The Hall–Kier alpha value is -2.93. The number of rotatable bonds is 4. The molecule has 7 nitrogen and oxygen atoms in total. The van der Waals surface area contributed by atoms with Gasteiger partial charge in [0.2, 0.25) is 0 Å². The number of para-hydroxylation sites is 1. The van der Waals surface area contributed by atoms with Gasteiger partial charge in [-0.05, 0) is 61.5 Å². The van der Waals surface area contributed by atoms with Crippen LogP contribution in [0.25, 0.3) is 16.9 Å². The summed E-state index contributed by atoms with van der Waals surface area (Å²) in [5.41, 5.74) is 9.09. The molecule has 1 atom stereocenters. The number of anilines is 1. The summed E-state index contributed by atoms with van der Waals surface area (Å²) in [6.45, 7) is 4.42. The first-order valence-corrected chi connectivity index (χ1v) is 9.30.